The quantitative estimate of drug-likeness (QED) is 0.846. The number of hydrogen-bond donors (Lipinski definition) is 1. The van der Waals surface area contributed by atoms with Gasteiger partial charge in [0.25, 0.3) is 0 Å². The molecule has 0 unspecified atom stereocenters. The Kier molecular flexibility index (Phi) is 2.44. The Morgan fingerprint density at radius 2 is 2.00 bits per heavy atom. The maximum atomic E-state index is 12.7. The summed E-state index contributed by atoms with van der Waals surface area (Å²) in [5, 5.41) is 12.2. The Hall–Kier alpha value is -2.17. The van der Waals surface area contributed by atoms with Gasteiger partial charge in [-0.2, -0.15) is 0 Å². The van der Waals surface area contributed by atoms with Gasteiger partial charge >= 0.3 is 5.97 Å². The normalized spacial score (nSPS) is 10.4. The summed E-state index contributed by atoms with van der Waals surface area (Å²) in [6.07, 6.45) is 0. The summed E-state index contributed by atoms with van der Waals surface area (Å²) in [5.74, 6) is -1.16. The first-order valence-corrected chi connectivity index (χ1v) is 4.55. The molecule has 5 heteroatoms. The van der Waals surface area contributed by atoms with Gasteiger partial charge in [-0.25, -0.2) is 9.18 Å². The van der Waals surface area contributed by atoms with Gasteiger partial charge in [0.1, 0.15) is 5.82 Å². The molecule has 16 heavy (non-hydrogen) atoms. The van der Waals surface area contributed by atoms with Crippen LogP contribution in [0.4, 0.5) is 4.39 Å². The van der Waals surface area contributed by atoms with Crippen LogP contribution in [-0.4, -0.2) is 16.2 Å². The number of carboxylic acid groups (broad SMARTS) is 1. The van der Waals surface area contributed by atoms with E-state index in [1.54, 1.807) is 6.92 Å². The molecule has 0 atom stereocenters. The Bertz CT molecular complexity index is 531. The summed E-state index contributed by atoms with van der Waals surface area (Å²) in [6.45, 7) is 1.60. The third kappa shape index (κ3) is 1.67. The lowest BCUT2D eigenvalue weighted by Gasteiger charge is -1.96. The van der Waals surface area contributed by atoms with Crippen molar-refractivity contribution in [3.8, 4) is 11.3 Å². The summed E-state index contributed by atoms with van der Waals surface area (Å²) < 4.78 is 17.6. The van der Waals surface area contributed by atoms with Crippen LogP contribution in [-0.2, 0) is 0 Å². The zero-order valence-corrected chi connectivity index (χ0v) is 8.40. The van der Waals surface area contributed by atoms with Crippen molar-refractivity contribution in [1.29, 1.82) is 0 Å². The van der Waals surface area contributed by atoms with Crippen LogP contribution in [0, 0.1) is 12.7 Å². The molecule has 1 N–H and O–H groups in total. The Morgan fingerprint density at radius 3 is 2.50 bits per heavy atom. The molecular formula is C11H8FNO3. The summed E-state index contributed by atoms with van der Waals surface area (Å²) in [4.78, 5) is 10.7. The molecule has 0 fully saturated rings. The van der Waals surface area contributed by atoms with Crippen LogP contribution in [0.5, 0.6) is 0 Å². The molecule has 0 aliphatic heterocycles. The monoisotopic (exact) mass is 221 g/mol. The molecule has 2 aromatic rings. The Labute approximate surface area is 90.3 Å². The molecule has 1 heterocycles. The molecule has 0 spiro atoms. The van der Waals surface area contributed by atoms with Crippen LogP contribution >= 0.6 is 0 Å². The number of nitrogens with zero attached hydrogens (tertiary/aromatic N) is 1. The lowest BCUT2D eigenvalue weighted by Crippen LogP contribution is -1.98. The molecule has 0 amide bonds. The van der Waals surface area contributed by atoms with Gasteiger partial charge in [0.2, 0.25) is 0 Å². The summed E-state index contributed by atoms with van der Waals surface area (Å²) in [5.41, 5.74) is 0.900. The molecule has 0 bridgehead atoms. The van der Waals surface area contributed by atoms with E-state index >= 15 is 0 Å². The minimum Gasteiger partial charge on any atom is -0.476 e. The molecule has 1 aromatic carbocycles. The van der Waals surface area contributed by atoms with Gasteiger partial charge in [-0.05, 0) is 31.2 Å². The first-order valence-electron chi connectivity index (χ1n) is 4.55. The van der Waals surface area contributed by atoms with Gasteiger partial charge in [0.15, 0.2) is 11.5 Å². The largest absolute Gasteiger partial charge is 0.476 e. The maximum absolute atomic E-state index is 12.7. The number of carbonyl (C=O) groups is 1. The van der Waals surface area contributed by atoms with Crippen LogP contribution < -0.4 is 0 Å². The van der Waals surface area contributed by atoms with Crippen molar-refractivity contribution in [1.82, 2.24) is 5.16 Å². The van der Waals surface area contributed by atoms with Gasteiger partial charge in [0, 0.05) is 11.1 Å². The first-order chi connectivity index (χ1) is 7.59. The van der Waals surface area contributed by atoms with Crippen LogP contribution in [0.15, 0.2) is 28.8 Å². The SMILES string of the molecule is Cc1c(C(=O)O)noc1-c1ccc(F)cc1. The molecule has 0 aliphatic carbocycles. The van der Waals surface area contributed by atoms with Crippen molar-refractivity contribution in [2.24, 2.45) is 0 Å². The smallest absolute Gasteiger partial charge is 0.358 e. The number of hydrogen-bond acceptors (Lipinski definition) is 3. The average Bonchev–Trinajstić information content (AvgIpc) is 2.61. The van der Waals surface area contributed by atoms with Crippen molar-refractivity contribution < 1.29 is 18.8 Å². The van der Waals surface area contributed by atoms with Gasteiger partial charge in [-0.3, -0.25) is 0 Å². The number of carboxylic acids is 1. The lowest BCUT2D eigenvalue weighted by molar-refractivity contribution is 0.0685. The van der Waals surface area contributed by atoms with Gasteiger partial charge in [-0.15, -0.1) is 0 Å². The third-order valence-corrected chi connectivity index (χ3v) is 2.23. The van der Waals surface area contributed by atoms with Gasteiger partial charge in [-0.1, -0.05) is 5.16 Å². The Balaban J connectivity index is 2.49. The van der Waals surface area contributed by atoms with E-state index in [-0.39, 0.29) is 11.5 Å². The van der Waals surface area contributed by atoms with Gasteiger partial charge < -0.3 is 9.63 Å². The maximum Gasteiger partial charge on any atom is 0.358 e. The molecule has 0 radical (unpaired) electrons. The number of rotatable bonds is 2. The van der Waals surface area contributed by atoms with E-state index in [0.29, 0.717) is 16.9 Å². The van der Waals surface area contributed by atoms with Crippen LogP contribution in [0.25, 0.3) is 11.3 Å². The topological polar surface area (TPSA) is 63.3 Å². The Morgan fingerprint density at radius 1 is 1.38 bits per heavy atom. The molecule has 4 nitrogen and oxygen atoms in total. The zero-order valence-electron chi connectivity index (χ0n) is 8.40. The second-order valence-electron chi connectivity index (χ2n) is 3.30. The highest BCUT2D eigenvalue weighted by Crippen LogP contribution is 2.25. The van der Waals surface area contributed by atoms with Crippen LogP contribution in [0.3, 0.4) is 0 Å². The van der Waals surface area contributed by atoms with Crippen LogP contribution in [0.1, 0.15) is 16.1 Å². The van der Waals surface area contributed by atoms with E-state index in [9.17, 15) is 9.18 Å². The van der Waals surface area contributed by atoms with Crippen molar-refractivity contribution in [2.45, 2.75) is 6.92 Å². The molecule has 0 saturated heterocycles. The number of aromatic nitrogens is 1. The molecule has 82 valence electrons. The minimum atomic E-state index is -1.14. The fraction of sp³-hybridized carbons (Fsp3) is 0.0909. The lowest BCUT2D eigenvalue weighted by atomic mass is 10.1. The summed E-state index contributed by atoms with van der Waals surface area (Å²) in [6, 6.07) is 5.57. The van der Waals surface area contributed by atoms with E-state index in [0.717, 1.165) is 0 Å². The average molecular weight is 221 g/mol. The highest BCUT2D eigenvalue weighted by molar-refractivity contribution is 5.88. The number of aromatic carboxylic acids is 1. The van der Waals surface area contributed by atoms with Crippen molar-refractivity contribution in [2.75, 3.05) is 0 Å². The fourth-order valence-electron chi connectivity index (χ4n) is 1.41. The zero-order chi connectivity index (χ0) is 11.7. The molecule has 1 aromatic heterocycles. The fourth-order valence-corrected chi connectivity index (χ4v) is 1.41. The highest BCUT2D eigenvalue weighted by atomic mass is 19.1. The first kappa shape index (κ1) is 10.4. The molecule has 2 rings (SSSR count). The number of halogens is 1. The van der Waals surface area contributed by atoms with E-state index in [4.69, 9.17) is 9.63 Å². The standard InChI is InChI=1S/C11H8FNO3/c1-6-9(11(14)15)13-16-10(6)7-2-4-8(12)5-3-7/h2-5H,1H3,(H,14,15). The highest BCUT2D eigenvalue weighted by Gasteiger charge is 2.18. The van der Waals surface area contributed by atoms with E-state index < -0.39 is 5.97 Å². The van der Waals surface area contributed by atoms with E-state index in [1.807, 2.05) is 0 Å². The second kappa shape index (κ2) is 3.77. The van der Waals surface area contributed by atoms with Crippen molar-refractivity contribution in [3.05, 3.63) is 41.3 Å². The third-order valence-electron chi connectivity index (χ3n) is 2.23. The van der Waals surface area contributed by atoms with Crippen LogP contribution in [0.2, 0.25) is 0 Å². The predicted octanol–water partition coefficient (Wildman–Crippen LogP) is 2.49. The van der Waals surface area contributed by atoms with E-state index in [2.05, 4.69) is 5.16 Å². The molecule has 0 aliphatic rings. The van der Waals surface area contributed by atoms with Crippen molar-refractivity contribution >= 4 is 5.97 Å². The summed E-state index contributed by atoms with van der Waals surface area (Å²) >= 11 is 0. The molecule has 0 saturated carbocycles. The van der Waals surface area contributed by atoms with Gasteiger partial charge in [0.05, 0.1) is 0 Å². The summed E-state index contributed by atoms with van der Waals surface area (Å²) in [7, 11) is 0. The minimum absolute atomic E-state index is 0.126. The second-order valence-corrected chi connectivity index (χ2v) is 3.30. The number of benzene rings is 1. The van der Waals surface area contributed by atoms with Crippen molar-refractivity contribution in [3.63, 3.8) is 0 Å². The molecular weight excluding hydrogens is 213 g/mol. The predicted molar refractivity (Wildman–Crippen MR) is 53.6 cm³/mol. The van der Waals surface area contributed by atoms with E-state index in [1.165, 1.54) is 24.3 Å².